The van der Waals surface area contributed by atoms with E-state index in [4.69, 9.17) is 4.42 Å². The molecule has 0 saturated heterocycles. The maximum absolute atomic E-state index is 5.82. The molecule has 1 atom stereocenters. The first-order chi connectivity index (χ1) is 9.49. The number of hydrogen-bond acceptors (Lipinski definition) is 3. The van der Waals surface area contributed by atoms with E-state index in [1.54, 1.807) is 0 Å². The fourth-order valence-corrected chi connectivity index (χ4v) is 2.58. The van der Waals surface area contributed by atoms with Crippen molar-refractivity contribution in [2.75, 3.05) is 20.6 Å². The second-order valence-corrected chi connectivity index (χ2v) is 6.13. The number of nitrogens with zero attached hydrogens (tertiary/aromatic N) is 1. The van der Waals surface area contributed by atoms with Crippen molar-refractivity contribution in [3.63, 3.8) is 0 Å². The van der Waals surface area contributed by atoms with Gasteiger partial charge >= 0.3 is 0 Å². The molecule has 2 aromatic rings. The Labute approximate surface area is 122 Å². The standard InChI is InChI=1S/C17H26N2O/c1-12(2)16(11-19(4)5)18-10-15-13(3)20-17-9-7-6-8-14(15)17/h6-9,12,16,18H,10-11H2,1-5H3. The number of hydrogen-bond donors (Lipinski definition) is 1. The number of rotatable bonds is 6. The molecular formula is C17H26N2O. The molecule has 0 spiro atoms. The topological polar surface area (TPSA) is 28.4 Å². The SMILES string of the molecule is Cc1oc2ccccc2c1CNC(CN(C)C)C(C)C. The van der Waals surface area contributed by atoms with E-state index >= 15 is 0 Å². The predicted molar refractivity (Wildman–Crippen MR) is 85.0 cm³/mol. The van der Waals surface area contributed by atoms with E-state index in [-0.39, 0.29) is 0 Å². The van der Waals surface area contributed by atoms with Gasteiger partial charge in [-0.3, -0.25) is 0 Å². The Balaban J connectivity index is 2.13. The first-order valence-electron chi connectivity index (χ1n) is 7.34. The predicted octanol–water partition coefficient (Wildman–Crippen LogP) is 3.42. The molecule has 1 unspecified atom stereocenters. The molecule has 2 rings (SSSR count). The third-order valence-corrected chi connectivity index (χ3v) is 3.81. The van der Waals surface area contributed by atoms with Crippen LogP contribution < -0.4 is 5.32 Å². The van der Waals surface area contributed by atoms with Gasteiger partial charge in [0, 0.05) is 30.1 Å². The van der Waals surface area contributed by atoms with Crippen molar-refractivity contribution in [2.45, 2.75) is 33.4 Å². The van der Waals surface area contributed by atoms with E-state index in [9.17, 15) is 0 Å². The number of fused-ring (bicyclic) bond motifs is 1. The van der Waals surface area contributed by atoms with Crippen LogP contribution in [0.15, 0.2) is 28.7 Å². The minimum absolute atomic E-state index is 0.484. The number of nitrogens with one attached hydrogen (secondary N) is 1. The molecular weight excluding hydrogens is 248 g/mol. The van der Waals surface area contributed by atoms with Gasteiger partial charge in [-0.1, -0.05) is 32.0 Å². The normalized spacial score (nSPS) is 13.6. The van der Waals surface area contributed by atoms with Gasteiger partial charge < -0.3 is 14.6 Å². The molecule has 110 valence electrons. The van der Waals surface area contributed by atoms with Crippen LogP contribution in [0.1, 0.15) is 25.2 Å². The van der Waals surface area contributed by atoms with Crippen LogP contribution >= 0.6 is 0 Å². The van der Waals surface area contributed by atoms with Crippen LogP contribution in [0.2, 0.25) is 0 Å². The Bertz CT molecular complexity index is 557. The van der Waals surface area contributed by atoms with E-state index in [0.717, 1.165) is 24.4 Å². The number of likely N-dealkylation sites (N-methyl/N-ethyl adjacent to an activating group) is 1. The lowest BCUT2D eigenvalue weighted by atomic mass is 10.0. The fourth-order valence-electron chi connectivity index (χ4n) is 2.58. The summed E-state index contributed by atoms with van der Waals surface area (Å²) in [6.07, 6.45) is 0. The van der Waals surface area contributed by atoms with E-state index in [1.165, 1.54) is 10.9 Å². The number of aryl methyl sites for hydroxylation is 1. The van der Waals surface area contributed by atoms with Crippen LogP contribution in [0, 0.1) is 12.8 Å². The van der Waals surface area contributed by atoms with Crippen LogP contribution in [0.25, 0.3) is 11.0 Å². The minimum atomic E-state index is 0.484. The molecule has 1 heterocycles. The van der Waals surface area contributed by atoms with Gasteiger partial charge in [-0.15, -0.1) is 0 Å². The zero-order valence-corrected chi connectivity index (χ0v) is 13.2. The van der Waals surface area contributed by atoms with Crippen LogP contribution in [-0.2, 0) is 6.54 Å². The summed E-state index contributed by atoms with van der Waals surface area (Å²) in [7, 11) is 4.24. The molecule has 1 aromatic heterocycles. The smallest absolute Gasteiger partial charge is 0.134 e. The molecule has 3 heteroatoms. The number of para-hydroxylation sites is 1. The lowest BCUT2D eigenvalue weighted by Crippen LogP contribution is -2.41. The maximum atomic E-state index is 5.82. The third kappa shape index (κ3) is 3.41. The van der Waals surface area contributed by atoms with Crippen molar-refractivity contribution in [3.8, 4) is 0 Å². The average Bonchev–Trinajstić information content (AvgIpc) is 2.69. The second kappa shape index (κ2) is 6.42. The van der Waals surface area contributed by atoms with E-state index in [0.29, 0.717) is 12.0 Å². The van der Waals surface area contributed by atoms with Crippen molar-refractivity contribution in [1.82, 2.24) is 10.2 Å². The van der Waals surface area contributed by atoms with Crippen LogP contribution in [-0.4, -0.2) is 31.6 Å². The number of benzene rings is 1. The first kappa shape index (κ1) is 15.1. The molecule has 0 aliphatic rings. The summed E-state index contributed by atoms with van der Waals surface area (Å²) in [5.74, 6) is 1.63. The molecule has 1 aromatic carbocycles. The highest BCUT2D eigenvalue weighted by atomic mass is 16.3. The maximum Gasteiger partial charge on any atom is 0.134 e. The largest absolute Gasteiger partial charge is 0.461 e. The van der Waals surface area contributed by atoms with Crippen molar-refractivity contribution in [3.05, 3.63) is 35.6 Å². The Morgan fingerprint density at radius 2 is 1.90 bits per heavy atom. The highest BCUT2D eigenvalue weighted by Crippen LogP contribution is 2.25. The van der Waals surface area contributed by atoms with E-state index in [2.05, 4.69) is 50.3 Å². The van der Waals surface area contributed by atoms with Gasteiger partial charge in [0.1, 0.15) is 11.3 Å². The third-order valence-electron chi connectivity index (χ3n) is 3.81. The molecule has 0 bridgehead atoms. The Hall–Kier alpha value is -1.32. The summed E-state index contributed by atoms with van der Waals surface area (Å²) in [4.78, 5) is 2.23. The van der Waals surface area contributed by atoms with Gasteiger partial charge in [0.05, 0.1) is 0 Å². The molecule has 0 radical (unpaired) electrons. The first-order valence-corrected chi connectivity index (χ1v) is 7.34. The van der Waals surface area contributed by atoms with Crippen LogP contribution in [0.5, 0.6) is 0 Å². The number of furan rings is 1. The van der Waals surface area contributed by atoms with Crippen molar-refractivity contribution in [1.29, 1.82) is 0 Å². The van der Waals surface area contributed by atoms with Gasteiger partial charge in [0.15, 0.2) is 0 Å². The molecule has 20 heavy (non-hydrogen) atoms. The fraction of sp³-hybridized carbons (Fsp3) is 0.529. The van der Waals surface area contributed by atoms with Crippen molar-refractivity contribution in [2.24, 2.45) is 5.92 Å². The zero-order chi connectivity index (χ0) is 14.7. The van der Waals surface area contributed by atoms with Gasteiger partial charge in [0.25, 0.3) is 0 Å². The van der Waals surface area contributed by atoms with E-state index < -0.39 is 0 Å². The van der Waals surface area contributed by atoms with Crippen molar-refractivity contribution < 1.29 is 4.42 Å². The van der Waals surface area contributed by atoms with Gasteiger partial charge in [-0.05, 0) is 33.0 Å². The molecule has 0 aliphatic carbocycles. The Morgan fingerprint density at radius 1 is 1.20 bits per heavy atom. The van der Waals surface area contributed by atoms with Crippen molar-refractivity contribution >= 4 is 11.0 Å². The molecule has 0 amide bonds. The second-order valence-electron chi connectivity index (χ2n) is 6.13. The quantitative estimate of drug-likeness (QED) is 0.875. The average molecular weight is 274 g/mol. The molecule has 0 fully saturated rings. The Morgan fingerprint density at radius 3 is 2.55 bits per heavy atom. The van der Waals surface area contributed by atoms with E-state index in [1.807, 2.05) is 19.1 Å². The summed E-state index contributed by atoms with van der Waals surface area (Å²) in [6, 6.07) is 8.74. The zero-order valence-electron chi connectivity index (χ0n) is 13.2. The molecule has 1 N–H and O–H groups in total. The summed E-state index contributed by atoms with van der Waals surface area (Å²) in [6.45, 7) is 8.49. The molecule has 0 aliphatic heterocycles. The lowest BCUT2D eigenvalue weighted by Gasteiger charge is -2.25. The highest BCUT2D eigenvalue weighted by Gasteiger charge is 2.16. The van der Waals surface area contributed by atoms with Gasteiger partial charge in [-0.25, -0.2) is 0 Å². The minimum Gasteiger partial charge on any atom is -0.461 e. The summed E-state index contributed by atoms with van der Waals surface area (Å²) in [5, 5.41) is 4.91. The molecule has 3 nitrogen and oxygen atoms in total. The van der Waals surface area contributed by atoms with Gasteiger partial charge in [0.2, 0.25) is 0 Å². The summed E-state index contributed by atoms with van der Waals surface area (Å²) >= 11 is 0. The monoisotopic (exact) mass is 274 g/mol. The Kier molecular flexibility index (Phi) is 4.84. The van der Waals surface area contributed by atoms with Gasteiger partial charge in [-0.2, -0.15) is 0 Å². The lowest BCUT2D eigenvalue weighted by molar-refractivity contribution is 0.288. The summed E-state index contributed by atoms with van der Waals surface area (Å²) in [5.41, 5.74) is 2.26. The van der Waals surface area contributed by atoms with Crippen LogP contribution in [0.4, 0.5) is 0 Å². The highest BCUT2D eigenvalue weighted by molar-refractivity contribution is 5.82. The summed E-state index contributed by atoms with van der Waals surface area (Å²) < 4.78 is 5.82. The van der Waals surface area contributed by atoms with Crippen LogP contribution in [0.3, 0.4) is 0 Å². The molecule has 0 saturated carbocycles.